The Labute approximate surface area is 66.6 Å². The van der Waals surface area contributed by atoms with E-state index in [4.69, 9.17) is 16.4 Å². The second kappa shape index (κ2) is 4.68. The van der Waals surface area contributed by atoms with E-state index in [1.165, 1.54) is 0 Å². The molecule has 0 aromatic rings. The number of hydrogen-bond acceptors (Lipinski definition) is 4. The Morgan fingerprint density at radius 3 is 1.73 bits per heavy atom. The van der Waals surface area contributed by atoms with Crippen molar-refractivity contribution in [2.45, 2.75) is 19.9 Å². The van der Waals surface area contributed by atoms with Crippen molar-refractivity contribution in [2.75, 3.05) is 0 Å². The van der Waals surface area contributed by atoms with Crippen LogP contribution in [0, 0.1) is 34.5 Å². The molecule has 0 fully saturated rings. The first-order chi connectivity index (χ1) is 5.17. The average molecular weight is 152 g/mol. The van der Waals surface area contributed by atoms with Crippen LogP contribution in [-0.4, -0.2) is 6.04 Å². The van der Waals surface area contributed by atoms with Gasteiger partial charge in [-0.15, -0.1) is 0 Å². The van der Waals surface area contributed by atoms with E-state index in [1.807, 2.05) is 12.1 Å². The summed E-state index contributed by atoms with van der Waals surface area (Å²) in [5.74, 6) is 4.69. The van der Waals surface area contributed by atoms with E-state index >= 15 is 0 Å². The van der Waals surface area contributed by atoms with Gasteiger partial charge in [-0.2, -0.15) is 10.5 Å². The molecule has 3 N–H and O–H groups in total. The molecule has 0 amide bonds. The standard InChI is InChI=1S/C7H12N4/c1-5(3-8)7(11-10)6(2)4-9/h5-7,11H,10H2,1-2H3. The molecule has 0 aromatic carbocycles. The first-order valence-electron chi connectivity index (χ1n) is 3.42. The maximum absolute atomic E-state index is 8.53. The van der Waals surface area contributed by atoms with Gasteiger partial charge in [0.05, 0.1) is 30.0 Å². The van der Waals surface area contributed by atoms with E-state index in [1.54, 1.807) is 13.8 Å². The maximum atomic E-state index is 8.53. The van der Waals surface area contributed by atoms with Crippen LogP contribution in [0.1, 0.15) is 13.8 Å². The molecule has 0 saturated heterocycles. The second-order valence-electron chi connectivity index (χ2n) is 2.53. The summed E-state index contributed by atoms with van der Waals surface area (Å²) >= 11 is 0. The third kappa shape index (κ3) is 2.55. The Morgan fingerprint density at radius 2 is 1.55 bits per heavy atom. The number of hydrogen-bond donors (Lipinski definition) is 2. The molecule has 0 saturated carbocycles. The van der Waals surface area contributed by atoms with Crippen LogP contribution in [-0.2, 0) is 0 Å². The lowest BCUT2D eigenvalue weighted by molar-refractivity contribution is 0.378. The van der Waals surface area contributed by atoms with Gasteiger partial charge in [0.1, 0.15) is 0 Å². The van der Waals surface area contributed by atoms with Gasteiger partial charge in [-0.05, 0) is 13.8 Å². The van der Waals surface area contributed by atoms with Gasteiger partial charge in [0, 0.05) is 0 Å². The minimum Gasteiger partial charge on any atom is -0.271 e. The van der Waals surface area contributed by atoms with Crippen LogP contribution in [0.3, 0.4) is 0 Å². The zero-order chi connectivity index (χ0) is 8.85. The maximum Gasteiger partial charge on any atom is 0.0670 e. The molecule has 0 bridgehead atoms. The third-order valence-corrected chi connectivity index (χ3v) is 1.68. The largest absolute Gasteiger partial charge is 0.271 e. The van der Waals surface area contributed by atoms with E-state index in [2.05, 4.69) is 5.43 Å². The smallest absolute Gasteiger partial charge is 0.0670 e. The predicted molar refractivity (Wildman–Crippen MR) is 40.7 cm³/mol. The van der Waals surface area contributed by atoms with Gasteiger partial charge in [0.2, 0.25) is 0 Å². The molecule has 0 spiro atoms. The van der Waals surface area contributed by atoms with Crippen LogP contribution in [0.2, 0.25) is 0 Å². The van der Waals surface area contributed by atoms with Crippen molar-refractivity contribution in [1.29, 1.82) is 10.5 Å². The van der Waals surface area contributed by atoms with Crippen molar-refractivity contribution >= 4 is 0 Å². The highest BCUT2D eigenvalue weighted by Gasteiger charge is 2.21. The monoisotopic (exact) mass is 152 g/mol. The van der Waals surface area contributed by atoms with E-state index in [9.17, 15) is 0 Å². The minimum atomic E-state index is -0.245. The van der Waals surface area contributed by atoms with Crippen LogP contribution in [0.5, 0.6) is 0 Å². The lowest BCUT2D eigenvalue weighted by Gasteiger charge is -2.19. The normalized spacial score (nSPS) is 17.5. The van der Waals surface area contributed by atoms with E-state index < -0.39 is 0 Å². The molecule has 0 radical (unpaired) electrons. The van der Waals surface area contributed by atoms with Crippen LogP contribution in [0.15, 0.2) is 0 Å². The SMILES string of the molecule is CC(C#N)C(NN)C(C)C#N. The molecule has 4 nitrogen and oxygen atoms in total. The van der Waals surface area contributed by atoms with Gasteiger partial charge in [-0.25, -0.2) is 0 Å². The molecule has 0 aromatic heterocycles. The van der Waals surface area contributed by atoms with Crippen LogP contribution >= 0.6 is 0 Å². The summed E-state index contributed by atoms with van der Waals surface area (Å²) in [6, 6.07) is 3.83. The first kappa shape index (κ1) is 9.90. The van der Waals surface area contributed by atoms with E-state index in [0.29, 0.717) is 0 Å². The van der Waals surface area contributed by atoms with Crippen LogP contribution in [0.25, 0.3) is 0 Å². The summed E-state index contributed by atoms with van der Waals surface area (Å²) in [4.78, 5) is 0. The summed E-state index contributed by atoms with van der Waals surface area (Å²) in [6.07, 6.45) is 0. The fourth-order valence-corrected chi connectivity index (χ4v) is 0.882. The lowest BCUT2D eigenvalue weighted by Crippen LogP contribution is -2.43. The molecule has 0 aliphatic carbocycles. The molecule has 60 valence electrons. The highest BCUT2D eigenvalue weighted by molar-refractivity contribution is 4.97. The van der Waals surface area contributed by atoms with Crippen molar-refractivity contribution in [2.24, 2.45) is 17.7 Å². The lowest BCUT2D eigenvalue weighted by atomic mass is 9.93. The van der Waals surface area contributed by atoms with Crippen molar-refractivity contribution in [3.63, 3.8) is 0 Å². The van der Waals surface area contributed by atoms with E-state index in [0.717, 1.165) is 0 Å². The Kier molecular flexibility index (Phi) is 4.21. The molecule has 0 aliphatic heterocycles. The van der Waals surface area contributed by atoms with Gasteiger partial charge < -0.3 is 0 Å². The van der Waals surface area contributed by atoms with Crippen molar-refractivity contribution in [3.05, 3.63) is 0 Å². The summed E-state index contributed by atoms with van der Waals surface area (Å²) in [5, 5.41) is 17.1. The minimum absolute atomic E-state index is 0.241. The molecule has 2 unspecified atom stereocenters. The summed E-state index contributed by atoms with van der Waals surface area (Å²) in [7, 11) is 0. The van der Waals surface area contributed by atoms with Crippen LogP contribution < -0.4 is 11.3 Å². The Morgan fingerprint density at radius 1 is 1.18 bits per heavy atom. The zero-order valence-corrected chi connectivity index (χ0v) is 6.70. The molecule has 2 atom stereocenters. The number of nitrogens with two attached hydrogens (primary N) is 1. The molecule has 0 rings (SSSR count). The van der Waals surface area contributed by atoms with Gasteiger partial charge >= 0.3 is 0 Å². The molecular formula is C7H12N4. The van der Waals surface area contributed by atoms with Crippen molar-refractivity contribution in [3.8, 4) is 12.1 Å². The topological polar surface area (TPSA) is 85.6 Å². The van der Waals surface area contributed by atoms with Crippen molar-refractivity contribution in [1.82, 2.24) is 5.43 Å². The van der Waals surface area contributed by atoms with Crippen LogP contribution in [0.4, 0.5) is 0 Å². The Bertz CT molecular complexity index is 168. The number of nitrogens with zero attached hydrogens (tertiary/aromatic N) is 2. The highest BCUT2D eigenvalue weighted by atomic mass is 15.2. The molecule has 0 heterocycles. The number of rotatable bonds is 3. The fourth-order valence-electron chi connectivity index (χ4n) is 0.882. The fraction of sp³-hybridized carbons (Fsp3) is 0.714. The Balaban J connectivity index is 4.20. The number of nitriles is 2. The summed E-state index contributed by atoms with van der Waals surface area (Å²) in [5.41, 5.74) is 2.46. The van der Waals surface area contributed by atoms with Crippen molar-refractivity contribution < 1.29 is 0 Å². The number of hydrazine groups is 1. The Hall–Kier alpha value is -1.10. The summed E-state index contributed by atoms with van der Waals surface area (Å²) in [6.45, 7) is 3.47. The molecular weight excluding hydrogens is 140 g/mol. The van der Waals surface area contributed by atoms with E-state index in [-0.39, 0.29) is 17.9 Å². The highest BCUT2D eigenvalue weighted by Crippen LogP contribution is 2.09. The van der Waals surface area contributed by atoms with Gasteiger partial charge in [0.25, 0.3) is 0 Å². The third-order valence-electron chi connectivity index (χ3n) is 1.68. The molecule has 11 heavy (non-hydrogen) atoms. The van der Waals surface area contributed by atoms with Gasteiger partial charge in [0.15, 0.2) is 0 Å². The first-order valence-corrected chi connectivity index (χ1v) is 3.42. The quantitative estimate of drug-likeness (QED) is 0.445. The summed E-state index contributed by atoms with van der Waals surface area (Å²) < 4.78 is 0. The molecule has 4 heteroatoms. The average Bonchev–Trinajstić information content (AvgIpc) is 2.05. The number of nitrogens with one attached hydrogen (secondary N) is 1. The molecule has 0 aliphatic rings. The van der Waals surface area contributed by atoms with Gasteiger partial charge in [-0.3, -0.25) is 11.3 Å². The second-order valence-corrected chi connectivity index (χ2v) is 2.53. The van der Waals surface area contributed by atoms with Gasteiger partial charge in [-0.1, -0.05) is 0 Å². The zero-order valence-electron chi connectivity index (χ0n) is 6.70. The predicted octanol–water partition coefficient (Wildman–Crippen LogP) is 0.138.